The number of aromatic nitrogens is 4. The maximum atomic E-state index is 12.6. The highest BCUT2D eigenvalue weighted by Crippen LogP contribution is 2.32. The second-order valence-corrected chi connectivity index (χ2v) is 7.94. The highest BCUT2D eigenvalue weighted by atomic mass is 32.2. The van der Waals surface area contributed by atoms with Crippen molar-refractivity contribution >= 4 is 23.3 Å². The first-order valence-corrected chi connectivity index (χ1v) is 10.2. The van der Waals surface area contributed by atoms with Crippen LogP contribution in [0, 0.1) is 6.92 Å². The molecule has 1 aliphatic rings. The van der Waals surface area contributed by atoms with Crippen LogP contribution < -0.4 is 0 Å². The van der Waals surface area contributed by atoms with Crippen LogP contribution >= 0.6 is 11.8 Å². The SMILES string of the molecule is Cc1ccccc1CSc1nc2nc3c(cn2n1)C(=O)C[C@@H](c1ccco1)C3. The van der Waals surface area contributed by atoms with Crippen LogP contribution in [0.3, 0.4) is 0 Å². The van der Waals surface area contributed by atoms with Gasteiger partial charge in [0.25, 0.3) is 5.78 Å². The molecule has 0 spiro atoms. The average Bonchev–Trinajstić information content (AvgIpc) is 3.35. The monoisotopic (exact) mass is 390 g/mol. The number of ketones is 1. The molecule has 1 aromatic carbocycles. The van der Waals surface area contributed by atoms with Crippen LogP contribution in [0.15, 0.2) is 58.4 Å². The number of fused-ring (bicyclic) bond motifs is 2. The maximum Gasteiger partial charge on any atom is 0.253 e. The molecule has 7 heteroatoms. The minimum absolute atomic E-state index is 0.0303. The van der Waals surface area contributed by atoms with Crippen molar-refractivity contribution in [2.45, 2.75) is 36.6 Å². The van der Waals surface area contributed by atoms with E-state index in [0.717, 1.165) is 17.2 Å². The molecule has 0 amide bonds. The van der Waals surface area contributed by atoms with E-state index in [1.165, 1.54) is 11.1 Å². The van der Waals surface area contributed by atoms with Crippen LogP contribution in [0.1, 0.15) is 45.3 Å². The number of benzene rings is 1. The van der Waals surface area contributed by atoms with E-state index in [-0.39, 0.29) is 11.7 Å². The molecule has 0 saturated carbocycles. The quantitative estimate of drug-likeness (QED) is 0.486. The van der Waals surface area contributed by atoms with Gasteiger partial charge in [0.05, 0.1) is 17.5 Å². The van der Waals surface area contributed by atoms with E-state index in [0.29, 0.717) is 29.3 Å². The smallest absolute Gasteiger partial charge is 0.253 e. The van der Waals surface area contributed by atoms with Crippen molar-refractivity contribution in [1.29, 1.82) is 0 Å². The van der Waals surface area contributed by atoms with Gasteiger partial charge in [0.1, 0.15) is 5.76 Å². The van der Waals surface area contributed by atoms with Crippen LogP contribution in [-0.2, 0) is 12.2 Å². The summed E-state index contributed by atoms with van der Waals surface area (Å²) in [6, 6.07) is 12.1. The maximum absolute atomic E-state index is 12.6. The molecule has 1 aliphatic carbocycles. The van der Waals surface area contributed by atoms with Crippen LogP contribution in [0.4, 0.5) is 0 Å². The molecule has 6 nitrogen and oxygen atoms in total. The predicted molar refractivity (Wildman–Crippen MR) is 106 cm³/mol. The largest absolute Gasteiger partial charge is 0.469 e. The Morgan fingerprint density at radius 1 is 1.18 bits per heavy atom. The van der Waals surface area contributed by atoms with Crippen molar-refractivity contribution < 1.29 is 9.21 Å². The lowest BCUT2D eigenvalue weighted by molar-refractivity contribution is 0.0958. The summed E-state index contributed by atoms with van der Waals surface area (Å²) in [7, 11) is 0. The normalized spacial score (nSPS) is 16.5. The number of rotatable bonds is 4. The summed E-state index contributed by atoms with van der Waals surface area (Å²) >= 11 is 1.57. The van der Waals surface area contributed by atoms with Crippen molar-refractivity contribution in [1.82, 2.24) is 19.6 Å². The molecule has 0 radical (unpaired) electrons. The number of furan rings is 1. The minimum atomic E-state index is 0.0303. The summed E-state index contributed by atoms with van der Waals surface area (Å²) in [4.78, 5) is 21.8. The fraction of sp³-hybridized carbons (Fsp3) is 0.238. The molecule has 0 bridgehead atoms. The third-order valence-electron chi connectivity index (χ3n) is 5.13. The molecule has 0 aliphatic heterocycles. The first-order chi connectivity index (χ1) is 13.7. The first-order valence-electron chi connectivity index (χ1n) is 9.17. The van der Waals surface area contributed by atoms with Gasteiger partial charge >= 0.3 is 0 Å². The summed E-state index contributed by atoms with van der Waals surface area (Å²) in [5, 5.41) is 5.16. The Labute approximate surface area is 166 Å². The predicted octanol–water partition coefficient (Wildman–Crippen LogP) is 4.23. The van der Waals surface area contributed by atoms with Crippen LogP contribution in [-0.4, -0.2) is 25.4 Å². The zero-order valence-electron chi connectivity index (χ0n) is 15.3. The Kier molecular flexibility index (Phi) is 4.24. The van der Waals surface area contributed by atoms with Gasteiger partial charge in [-0.15, -0.1) is 5.10 Å². The summed E-state index contributed by atoms with van der Waals surface area (Å²) in [6.07, 6.45) is 4.51. The topological polar surface area (TPSA) is 73.3 Å². The second-order valence-electron chi connectivity index (χ2n) is 7.00. The van der Waals surface area contributed by atoms with Gasteiger partial charge in [0, 0.05) is 30.7 Å². The van der Waals surface area contributed by atoms with E-state index in [1.54, 1.807) is 28.7 Å². The standard InChI is InChI=1S/C21H18N4O2S/c1-13-5-2-3-6-14(13)12-28-21-23-20-22-17-9-15(19-7-4-8-27-19)10-18(26)16(17)11-25(20)24-21/h2-8,11,15H,9-10,12H2,1H3/t15-/m0/s1. The highest BCUT2D eigenvalue weighted by molar-refractivity contribution is 7.98. The van der Waals surface area contributed by atoms with E-state index in [1.807, 2.05) is 24.3 Å². The van der Waals surface area contributed by atoms with Gasteiger partial charge in [0.15, 0.2) is 5.78 Å². The fourth-order valence-corrected chi connectivity index (χ4v) is 4.47. The molecular weight excluding hydrogens is 372 g/mol. The van der Waals surface area contributed by atoms with E-state index < -0.39 is 0 Å². The van der Waals surface area contributed by atoms with Gasteiger partial charge in [0.2, 0.25) is 5.16 Å². The highest BCUT2D eigenvalue weighted by Gasteiger charge is 2.30. The Bertz CT molecular complexity index is 1170. The minimum Gasteiger partial charge on any atom is -0.469 e. The Morgan fingerprint density at radius 3 is 2.89 bits per heavy atom. The number of hydrogen-bond donors (Lipinski definition) is 0. The van der Waals surface area contributed by atoms with Gasteiger partial charge in [-0.3, -0.25) is 4.79 Å². The summed E-state index contributed by atoms with van der Waals surface area (Å²) in [5.41, 5.74) is 3.92. The second kappa shape index (κ2) is 6.91. The van der Waals surface area contributed by atoms with Crippen molar-refractivity contribution in [3.05, 3.63) is 77.0 Å². The van der Waals surface area contributed by atoms with Crippen molar-refractivity contribution in [2.75, 3.05) is 0 Å². The zero-order chi connectivity index (χ0) is 19.1. The van der Waals surface area contributed by atoms with Gasteiger partial charge in [-0.05, 0) is 30.2 Å². The van der Waals surface area contributed by atoms with Gasteiger partial charge in [-0.25, -0.2) is 9.50 Å². The molecule has 3 aromatic heterocycles. The molecule has 3 heterocycles. The van der Waals surface area contributed by atoms with Crippen LogP contribution in [0.2, 0.25) is 0 Å². The number of carbonyl (C=O) groups excluding carboxylic acids is 1. The zero-order valence-corrected chi connectivity index (χ0v) is 16.1. The molecule has 1 atom stereocenters. The Balaban J connectivity index is 1.42. The average molecular weight is 390 g/mol. The molecule has 0 saturated heterocycles. The van der Waals surface area contributed by atoms with Gasteiger partial charge < -0.3 is 4.42 Å². The van der Waals surface area contributed by atoms with Gasteiger partial charge in [-0.1, -0.05) is 36.0 Å². The molecule has 5 rings (SSSR count). The number of nitrogens with zero attached hydrogens (tertiary/aromatic N) is 4. The van der Waals surface area contributed by atoms with Gasteiger partial charge in [-0.2, -0.15) is 4.98 Å². The lowest BCUT2D eigenvalue weighted by atomic mass is 9.85. The van der Waals surface area contributed by atoms with Crippen LogP contribution in [0.5, 0.6) is 0 Å². The number of thioether (sulfide) groups is 1. The molecular formula is C21H18N4O2S. The Morgan fingerprint density at radius 2 is 2.07 bits per heavy atom. The fourth-order valence-electron chi connectivity index (χ4n) is 3.56. The molecule has 0 N–H and O–H groups in total. The van der Waals surface area contributed by atoms with E-state index in [2.05, 4.69) is 34.1 Å². The number of aryl methyl sites for hydroxylation is 1. The molecule has 28 heavy (non-hydrogen) atoms. The van der Waals surface area contributed by atoms with E-state index in [4.69, 9.17) is 4.42 Å². The number of Topliss-reactive ketones (excluding diaryl/α,β-unsaturated/α-hetero) is 1. The lowest BCUT2D eigenvalue weighted by Gasteiger charge is -2.20. The summed E-state index contributed by atoms with van der Waals surface area (Å²) in [5.74, 6) is 2.25. The van der Waals surface area contributed by atoms with Crippen molar-refractivity contribution in [3.8, 4) is 0 Å². The van der Waals surface area contributed by atoms with Crippen molar-refractivity contribution in [3.63, 3.8) is 0 Å². The Hall–Kier alpha value is -2.93. The van der Waals surface area contributed by atoms with Crippen LogP contribution in [0.25, 0.3) is 5.78 Å². The number of carbonyl (C=O) groups is 1. The first kappa shape index (κ1) is 17.2. The third kappa shape index (κ3) is 3.11. The van der Waals surface area contributed by atoms with E-state index in [9.17, 15) is 4.79 Å². The molecule has 0 unspecified atom stereocenters. The molecule has 0 fully saturated rings. The summed E-state index contributed by atoms with van der Waals surface area (Å²) < 4.78 is 7.11. The van der Waals surface area contributed by atoms with E-state index >= 15 is 0 Å². The van der Waals surface area contributed by atoms with Crippen molar-refractivity contribution in [2.24, 2.45) is 0 Å². The summed E-state index contributed by atoms with van der Waals surface area (Å²) in [6.45, 7) is 2.10. The third-order valence-corrected chi connectivity index (χ3v) is 6.01. The lowest BCUT2D eigenvalue weighted by Crippen LogP contribution is -2.21. The molecule has 140 valence electrons. The number of hydrogen-bond acceptors (Lipinski definition) is 6. The molecule has 4 aromatic rings.